The molecule has 2 aliphatic carbocycles. The van der Waals surface area contributed by atoms with E-state index in [2.05, 4.69) is 12.2 Å². The molecule has 0 aromatic heterocycles. The highest BCUT2D eigenvalue weighted by Crippen LogP contribution is 2.31. The molecule has 0 aromatic carbocycles. The lowest BCUT2D eigenvalue weighted by molar-refractivity contribution is -0.141. The Labute approximate surface area is 108 Å². The minimum atomic E-state index is -0.240. The van der Waals surface area contributed by atoms with Crippen LogP contribution in [0.5, 0.6) is 0 Å². The first kappa shape index (κ1) is 12.2. The van der Waals surface area contributed by atoms with E-state index in [1.807, 2.05) is 0 Å². The SMILES string of the molecule is CC1CC(NC2CC(=O)N(C3CCCC3)C2=O)C1. The van der Waals surface area contributed by atoms with E-state index in [-0.39, 0.29) is 23.9 Å². The summed E-state index contributed by atoms with van der Waals surface area (Å²) in [5, 5.41) is 3.37. The minimum absolute atomic E-state index is 0.0338. The van der Waals surface area contributed by atoms with Crippen LogP contribution in [0.2, 0.25) is 0 Å². The molecular formula is C14H22N2O2. The van der Waals surface area contributed by atoms with Crippen LogP contribution in [0.3, 0.4) is 0 Å². The van der Waals surface area contributed by atoms with Gasteiger partial charge in [0.15, 0.2) is 0 Å². The molecule has 1 heterocycles. The van der Waals surface area contributed by atoms with E-state index in [1.54, 1.807) is 4.90 Å². The van der Waals surface area contributed by atoms with E-state index >= 15 is 0 Å². The van der Waals surface area contributed by atoms with Gasteiger partial charge in [-0.1, -0.05) is 19.8 Å². The van der Waals surface area contributed by atoms with Crippen LogP contribution in [0.1, 0.15) is 51.9 Å². The number of amides is 2. The first-order valence-corrected chi connectivity index (χ1v) is 7.27. The molecule has 3 aliphatic rings. The van der Waals surface area contributed by atoms with Crippen molar-refractivity contribution in [2.75, 3.05) is 0 Å². The van der Waals surface area contributed by atoms with Gasteiger partial charge >= 0.3 is 0 Å². The van der Waals surface area contributed by atoms with Crippen molar-refractivity contribution in [3.63, 3.8) is 0 Å². The second kappa shape index (κ2) is 4.65. The highest BCUT2D eigenvalue weighted by molar-refractivity contribution is 6.05. The van der Waals surface area contributed by atoms with Crippen LogP contribution in [-0.2, 0) is 9.59 Å². The number of hydrogen-bond donors (Lipinski definition) is 1. The summed E-state index contributed by atoms with van der Waals surface area (Å²) in [6.07, 6.45) is 6.97. The largest absolute Gasteiger partial charge is 0.303 e. The third-order valence-corrected chi connectivity index (χ3v) is 4.68. The molecule has 0 radical (unpaired) electrons. The average Bonchev–Trinajstić information content (AvgIpc) is 2.86. The summed E-state index contributed by atoms with van der Waals surface area (Å²) in [4.78, 5) is 25.9. The molecule has 1 atom stereocenters. The number of nitrogens with one attached hydrogen (secondary N) is 1. The molecule has 1 saturated heterocycles. The zero-order valence-corrected chi connectivity index (χ0v) is 11.0. The highest BCUT2D eigenvalue weighted by Gasteiger charge is 2.44. The summed E-state index contributed by atoms with van der Waals surface area (Å²) in [5.41, 5.74) is 0. The average molecular weight is 250 g/mol. The monoisotopic (exact) mass is 250 g/mol. The van der Waals surface area contributed by atoms with E-state index in [1.165, 1.54) is 0 Å². The van der Waals surface area contributed by atoms with Crippen molar-refractivity contribution in [1.29, 1.82) is 0 Å². The Bertz CT molecular complexity index is 357. The number of imide groups is 1. The third-order valence-electron chi connectivity index (χ3n) is 4.68. The first-order valence-electron chi connectivity index (χ1n) is 7.27. The van der Waals surface area contributed by atoms with E-state index in [0.717, 1.165) is 44.4 Å². The summed E-state index contributed by atoms with van der Waals surface area (Å²) in [6, 6.07) is 0.401. The lowest BCUT2D eigenvalue weighted by Gasteiger charge is -2.35. The lowest BCUT2D eigenvalue weighted by Crippen LogP contribution is -2.49. The van der Waals surface area contributed by atoms with Crippen LogP contribution in [-0.4, -0.2) is 34.8 Å². The van der Waals surface area contributed by atoms with Crippen molar-refractivity contribution < 1.29 is 9.59 Å². The molecule has 4 nitrogen and oxygen atoms in total. The second-order valence-corrected chi connectivity index (χ2v) is 6.24. The van der Waals surface area contributed by atoms with Crippen LogP contribution in [0, 0.1) is 5.92 Å². The number of carbonyl (C=O) groups is 2. The van der Waals surface area contributed by atoms with Crippen molar-refractivity contribution in [3.05, 3.63) is 0 Å². The maximum absolute atomic E-state index is 12.3. The predicted molar refractivity (Wildman–Crippen MR) is 67.8 cm³/mol. The van der Waals surface area contributed by atoms with Gasteiger partial charge in [0.2, 0.25) is 11.8 Å². The van der Waals surface area contributed by atoms with Crippen LogP contribution in [0.4, 0.5) is 0 Å². The van der Waals surface area contributed by atoms with Crippen LogP contribution < -0.4 is 5.32 Å². The Morgan fingerprint density at radius 1 is 1.17 bits per heavy atom. The molecular weight excluding hydrogens is 228 g/mol. The van der Waals surface area contributed by atoms with E-state index in [9.17, 15) is 9.59 Å². The summed E-state index contributed by atoms with van der Waals surface area (Å²) in [6.45, 7) is 2.23. The molecule has 1 aliphatic heterocycles. The van der Waals surface area contributed by atoms with Crippen LogP contribution in [0.15, 0.2) is 0 Å². The number of rotatable bonds is 3. The Morgan fingerprint density at radius 3 is 2.44 bits per heavy atom. The maximum Gasteiger partial charge on any atom is 0.247 e. The summed E-state index contributed by atoms with van der Waals surface area (Å²) >= 11 is 0. The van der Waals surface area contributed by atoms with Gasteiger partial charge in [0.25, 0.3) is 0 Å². The molecule has 0 bridgehead atoms. The molecule has 0 spiro atoms. The van der Waals surface area contributed by atoms with Crippen LogP contribution in [0.25, 0.3) is 0 Å². The van der Waals surface area contributed by atoms with Gasteiger partial charge in [-0.25, -0.2) is 0 Å². The fourth-order valence-corrected chi connectivity index (χ4v) is 3.65. The van der Waals surface area contributed by atoms with Gasteiger partial charge < -0.3 is 5.32 Å². The van der Waals surface area contributed by atoms with Gasteiger partial charge in [-0.15, -0.1) is 0 Å². The fourth-order valence-electron chi connectivity index (χ4n) is 3.65. The van der Waals surface area contributed by atoms with Gasteiger partial charge in [0.05, 0.1) is 12.5 Å². The molecule has 3 fully saturated rings. The van der Waals surface area contributed by atoms with Crippen molar-refractivity contribution in [2.24, 2.45) is 5.92 Å². The molecule has 18 heavy (non-hydrogen) atoms. The van der Waals surface area contributed by atoms with Crippen molar-refractivity contribution in [1.82, 2.24) is 10.2 Å². The molecule has 1 N–H and O–H groups in total. The third kappa shape index (κ3) is 2.07. The fraction of sp³-hybridized carbons (Fsp3) is 0.857. The summed E-state index contributed by atoms with van der Waals surface area (Å²) < 4.78 is 0. The van der Waals surface area contributed by atoms with E-state index < -0.39 is 0 Å². The van der Waals surface area contributed by atoms with Gasteiger partial charge in [0, 0.05) is 12.1 Å². The zero-order chi connectivity index (χ0) is 12.7. The summed E-state index contributed by atoms with van der Waals surface area (Å²) in [5.74, 6) is 0.837. The number of hydrogen-bond acceptors (Lipinski definition) is 3. The smallest absolute Gasteiger partial charge is 0.247 e. The van der Waals surface area contributed by atoms with E-state index in [4.69, 9.17) is 0 Å². The quantitative estimate of drug-likeness (QED) is 0.771. The van der Waals surface area contributed by atoms with Crippen LogP contribution >= 0.6 is 0 Å². The standard InChI is InChI=1S/C14H22N2O2/c1-9-6-10(7-9)15-12-8-13(17)16(14(12)18)11-4-2-3-5-11/h9-12,15H,2-8H2,1H3. The molecule has 0 aromatic rings. The summed E-state index contributed by atoms with van der Waals surface area (Å²) in [7, 11) is 0. The number of nitrogens with zero attached hydrogens (tertiary/aromatic N) is 1. The van der Waals surface area contributed by atoms with Gasteiger partial charge in [-0.05, 0) is 31.6 Å². The molecule has 100 valence electrons. The Kier molecular flexibility index (Phi) is 3.14. The number of carbonyl (C=O) groups excluding carboxylic acids is 2. The minimum Gasteiger partial charge on any atom is -0.303 e. The topological polar surface area (TPSA) is 49.4 Å². The van der Waals surface area contributed by atoms with Crippen molar-refractivity contribution >= 4 is 11.8 Å². The maximum atomic E-state index is 12.3. The van der Waals surface area contributed by atoms with Gasteiger partial charge in [-0.2, -0.15) is 0 Å². The molecule has 4 heteroatoms. The highest BCUT2D eigenvalue weighted by atomic mass is 16.2. The Morgan fingerprint density at radius 2 is 1.83 bits per heavy atom. The van der Waals surface area contributed by atoms with Gasteiger partial charge in [-0.3, -0.25) is 14.5 Å². The Balaban J connectivity index is 1.61. The molecule has 1 unspecified atom stereocenters. The Hall–Kier alpha value is -0.900. The second-order valence-electron chi connectivity index (χ2n) is 6.24. The van der Waals surface area contributed by atoms with Gasteiger partial charge in [0.1, 0.15) is 0 Å². The molecule has 2 saturated carbocycles. The molecule has 3 rings (SSSR count). The zero-order valence-electron chi connectivity index (χ0n) is 11.0. The normalized spacial score (nSPS) is 37.4. The lowest BCUT2D eigenvalue weighted by atomic mass is 9.81. The number of likely N-dealkylation sites (tertiary alicyclic amines) is 1. The van der Waals surface area contributed by atoms with Crippen molar-refractivity contribution in [3.8, 4) is 0 Å². The molecule has 2 amide bonds. The predicted octanol–water partition coefficient (Wildman–Crippen LogP) is 1.44. The first-order chi connectivity index (χ1) is 8.65. The van der Waals surface area contributed by atoms with Crippen molar-refractivity contribution in [2.45, 2.75) is 70.0 Å². The van der Waals surface area contributed by atoms with E-state index in [0.29, 0.717) is 12.5 Å².